The van der Waals surface area contributed by atoms with Crippen molar-refractivity contribution in [2.24, 2.45) is 28.6 Å². The normalized spacial score (nSPS) is 36.7. The molecule has 1 amide bonds. The Morgan fingerprint density at radius 3 is 2.62 bits per heavy atom. The molecule has 0 bridgehead atoms. The number of nitrogens with one attached hydrogen (secondary N) is 1. The molecular formula is C31H39NO7. The Morgan fingerprint density at radius 2 is 1.90 bits per heavy atom. The SMILES string of the molecule is COC(=O)c1ccc(OCCCNC(=O)[C@@]2(O)CC[C@H]3[C@@H]4CCC5=CC(=O)C=C[C@]5(C)[C@H]4[C@@H](O)C[C@@]32C)cc1. The predicted octanol–water partition coefficient (Wildman–Crippen LogP) is 3.37. The molecule has 0 aliphatic heterocycles. The largest absolute Gasteiger partial charge is 0.494 e. The minimum Gasteiger partial charge on any atom is -0.494 e. The van der Waals surface area contributed by atoms with Gasteiger partial charge in [0.15, 0.2) is 5.78 Å². The number of methoxy groups -OCH3 is 1. The van der Waals surface area contributed by atoms with Crippen molar-refractivity contribution in [2.45, 2.75) is 64.1 Å². The summed E-state index contributed by atoms with van der Waals surface area (Å²) in [4.78, 5) is 37.0. The molecule has 3 fully saturated rings. The Balaban J connectivity index is 1.19. The number of carbonyl (C=O) groups is 3. The van der Waals surface area contributed by atoms with Crippen molar-refractivity contribution in [1.82, 2.24) is 5.32 Å². The lowest BCUT2D eigenvalue weighted by Gasteiger charge is -2.59. The summed E-state index contributed by atoms with van der Waals surface area (Å²) in [6.45, 7) is 4.80. The van der Waals surface area contributed by atoms with E-state index in [-0.39, 0.29) is 34.9 Å². The lowest BCUT2D eigenvalue weighted by atomic mass is 9.46. The van der Waals surface area contributed by atoms with E-state index in [9.17, 15) is 24.6 Å². The van der Waals surface area contributed by atoms with E-state index in [1.807, 2.05) is 13.0 Å². The van der Waals surface area contributed by atoms with Gasteiger partial charge in [0.05, 0.1) is 25.4 Å². The van der Waals surface area contributed by atoms with Crippen LogP contribution in [0.5, 0.6) is 5.75 Å². The highest BCUT2D eigenvalue weighted by Gasteiger charge is 2.68. The van der Waals surface area contributed by atoms with Crippen molar-refractivity contribution in [3.63, 3.8) is 0 Å². The number of carbonyl (C=O) groups excluding carboxylic acids is 3. The first-order valence-electron chi connectivity index (χ1n) is 14.0. The lowest BCUT2D eigenvalue weighted by molar-refractivity contribution is -0.178. The first-order valence-corrected chi connectivity index (χ1v) is 14.0. The van der Waals surface area contributed by atoms with Crippen LogP contribution >= 0.6 is 0 Å². The van der Waals surface area contributed by atoms with E-state index in [1.54, 1.807) is 36.4 Å². The average Bonchev–Trinajstić information content (AvgIpc) is 3.19. The molecule has 0 radical (unpaired) electrons. The van der Waals surface area contributed by atoms with Gasteiger partial charge in [-0.25, -0.2) is 4.79 Å². The number of aliphatic hydroxyl groups is 2. The fourth-order valence-corrected chi connectivity index (χ4v) is 8.12. The zero-order valence-electron chi connectivity index (χ0n) is 22.9. The molecule has 39 heavy (non-hydrogen) atoms. The van der Waals surface area contributed by atoms with Gasteiger partial charge < -0.3 is 25.0 Å². The molecule has 0 aromatic heterocycles. The highest BCUT2D eigenvalue weighted by atomic mass is 16.5. The Labute approximate surface area is 229 Å². The molecule has 0 heterocycles. The maximum Gasteiger partial charge on any atom is 0.337 e. The molecular weight excluding hydrogens is 498 g/mol. The number of hydrogen-bond acceptors (Lipinski definition) is 7. The number of fused-ring (bicyclic) bond motifs is 5. The molecule has 5 rings (SSSR count). The van der Waals surface area contributed by atoms with E-state index >= 15 is 0 Å². The van der Waals surface area contributed by atoms with E-state index in [0.29, 0.717) is 43.7 Å². The standard InChI is InChI=1S/C31H39NO7/c1-29-13-11-21(33)17-20(29)7-10-23-24-12-14-31(37,30(24,2)18-25(34)26(23)29)28(36)32-15-4-16-39-22-8-5-19(6-9-22)27(35)38-3/h5-6,8-9,11,13,17,23-26,34,37H,4,7,10,12,14-16,18H2,1-3H3,(H,32,36)/t23-,24-,25-,26+,29-,30-,31-/m0/s1. The summed E-state index contributed by atoms with van der Waals surface area (Å²) >= 11 is 0. The van der Waals surface area contributed by atoms with Gasteiger partial charge in [-0.3, -0.25) is 9.59 Å². The van der Waals surface area contributed by atoms with Crippen LogP contribution in [0, 0.1) is 28.6 Å². The Hall–Kier alpha value is -2.97. The van der Waals surface area contributed by atoms with E-state index in [0.717, 1.165) is 24.8 Å². The molecule has 4 aliphatic rings. The molecule has 3 saturated carbocycles. The van der Waals surface area contributed by atoms with Crippen LogP contribution in [0.15, 0.2) is 48.1 Å². The summed E-state index contributed by atoms with van der Waals surface area (Å²) < 4.78 is 10.4. The van der Waals surface area contributed by atoms with Crippen molar-refractivity contribution in [1.29, 1.82) is 0 Å². The molecule has 4 aliphatic carbocycles. The number of rotatable bonds is 7. The number of ether oxygens (including phenoxy) is 2. The molecule has 0 spiro atoms. The van der Waals surface area contributed by atoms with Gasteiger partial charge in [0.2, 0.25) is 0 Å². The number of amides is 1. The first kappa shape index (κ1) is 27.6. The third-order valence-corrected chi connectivity index (χ3v) is 10.2. The molecule has 1 aromatic rings. The smallest absolute Gasteiger partial charge is 0.337 e. The van der Waals surface area contributed by atoms with Gasteiger partial charge in [0.25, 0.3) is 5.91 Å². The van der Waals surface area contributed by atoms with Crippen molar-refractivity contribution >= 4 is 17.7 Å². The Kier molecular flexibility index (Phi) is 7.22. The highest BCUT2D eigenvalue weighted by molar-refractivity contribution is 6.01. The van der Waals surface area contributed by atoms with Crippen molar-refractivity contribution in [3.05, 3.63) is 53.6 Å². The van der Waals surface area contributed by atoms with E-state index < -0.39 is 23.1 Å². The van der Waals surface area contributed by atoms with Crippen molar-refractivity contribution < 1.29 is 34.1 Å². The number of ketones is 1. The Bertz CT molecular complexity index is 1210. The fraction of sp³-hybridized carbons (Fsp3) is 0.581. The second kappa shape index (κ2) is 10.2. The number of esters is 1. The predicted molar refractivity (Wildman–Crippen MR) is 144 cm³/mol. The quantitative estimate of drug-likeness (QED) is 0.360. The third kappa shape index (κ3) is 4.51. The average molecular weight is 538 g/mol. The zero-order chi connectivity index (χ0) is 28.0. The van der Waals surface area contributed by atoms with Crippen LogP contribution in [0.25, 0.3) is 0 Å². The molecule has 0 unspecified atom stereocenters. The molecule has 7 atom stereocenters. The molecule has 210 valence electrons. The van der Waals surface area contributed by atoms with Gasteiger partial charge in [-0.2, -0.15) is 0 Å². The number of benzene rings is 1. The second-order valence-electron chi connectivity index (χ2n) is 12.1. The summed E-state index contributed by atoms with van der Waals surface area (Å²) in [5.74, 6) is 0.0655. The van der Waals surface area contributed by atoms with Crippen LogP contribution < -0.4 is 10.1 Å². The third-order valence-electron chi connectivity index (χ3n) is 10.2. The summed E-state index contributed by atoms with van der Waals surface area (Å²) in [6, 6.07) is 6.65. The summed E-state index contributed by atoms with van der Waals surface area (Å²) in [5, 5.41) is 26.2. The van der Waals surface area contributed by atoms with Crippen LogP contribution in [0.3, 0.4) is 0 Å². The van der Waals surface area contributed by atoms with Gasteiger partial charge in [0.1, 0.15) is 11.4 Å². The molecule has 8 heteroatoms. The van der Waals surface area contributed by atoms with Gasteiger partial charge in [-0.15, -0.1) is 0 Å². The topological polar surface area (TPSA) is 122 Å². The van der Waals surface area contributed by atoms with Crippen LogP contribution in [-0.4, -0.2) is 59.8 Å². The Morgan fingerprint density at radius 1 is 1.15 bits per heavy atom. The molecule has 3 N–H and O–H groups in total. The maximum atomic E-state index is 13.4. The highest BCUT2D eigenvalue weighted by Crippen LogP contribution is 2.66. The molecule has 1 aromatic carbocycles. The van der Waals surface area contributed by atoms with E-state index in [4.69, 9.17) is 9.47 Å². The van der Waals surface area contributed by atoms with Gasteiger partial charge in [-0.05, 0) is 86.8 Å². The van der Waals surface area contributed by atoms with Crippen molar-refractivity contribution in [3.8, 4) is 5.75 Å². The minimum absolute atomic E-state index is 0.00449. The molecule has 0 saturated heterocycles. The van der Waals surface area contributed by atoms with Crippen LogP contribution in [0.2, 0.25) is 0 Å². The number of hydrogen-bond donors (Lipinski definition) is 3. The minimum atomic E-state index is -1.55. The van der Waals surface area contributed by atoms with Crippen LogP contribution in [0.4, 0.5) is 0 Å². The lowest BCUT2D eigenvalue weighted by Crippen LogP contribution is -2.63. The van der Waals surface area contributed by atoms with Gasteiger partial charge in [-0.1, -0.05) is 25.5 Å². The number of allylic oxidation sites excluding steroid dienone is 4. The summed E-state index contributed by atoms with van der Waals surface area (Å²) in [7, 11) is 1.33. The first-order chi connectivity index (χ1) is 18.5. The zero-order valence-corrected chi connectivity index (χ0v) is 22.9. The summed E-state index contributed by atoms with van der Waals surface area (Å²) in [5.41, 5.74) is -1.13. The maximum absolute atomic E-state index is 13.4. The van der Waals surface area contributed by atoms with Crippen LogP contribution in [0.1, 0.15) is 62.7 Å². The van der Waals surface area contributed by atoms with E-state index in [2.05, 4.69) is 12.2 Å². The van der Waals surface area contributed by atoms with Crippen LogP contribution in [-0.2, 0) is 14.3 Å². The fourth-order valence-electron chi connectivity index (χ4n) is 8.12. The monoisotopic (exact) mass is 537 g/mol. The van der Waals surface area contributed by atoms with E-state index in [1.165, 1.54) is 7.11 Å². The van der Waals surface area contributed by atoms with Gasteiger partial charge in [0, 0.05) is 23.3 Å². The van der Waals surface area contributed by atoms with Crippen molar-refractivity contribution in [2.75, 3.05) is 20.3 Å². The van der Waals surface area contributed by atoms with Gasteiger partial charge >= 0.3 is 5.97 Å². The summed E-state index contributed by atoms with van der Waals surface area (Å²) in [6.07, 6.45) is 8.27. The molecule has 8 nitrogen and oxygen atoms in total. The second-order valence-corrected chi connectivity index (χ2v) is 12.1. The number of aliphatic hydroxyl groups excluding tert-OH is 1.